The average molecular weight is 483 g/mol. The summed E-state index contributed by atoms with van der Waals surface area (Å²) in [6, 6.07) is 0. The molecule has 0 spiro atoms. The van der Waals surface area contributed by atoms with Crippen molar-refractivity contribution < 1.29 is 27.2 Å². The van der Waals surface area contributed by atoms with Crippen LogP contribution in [0, 0.1) is 0 Å². The maximum absolute atomic E-state index is 6.71. The molecule has 4 atom stereocenters. The SMILES string of the molecule is COC1(CO[Si](C)(C)C)OCC(O[Si](C)(C)C)C(O[Si](C)(C)C)C1O[Si](C)(C)C. The van der Waals surface area contributed by atoms with Crippen molar-refractivity contribution in [1.29, 1.82) is 0 Å². The molecule has 0 bridgehead atoms. The third-order valence-corrected chi connectivity index (χ3v) is 8.08. The molecule has 0 aromatic heterocycles. The average Bonchev–Trinajstić information content (AvgIpc) is 2.45. The molecule has 174 valence electrons. The quantitative estimate of drug-likeness (QED) is 0.414. The highest BCUT2D eigenvalue weighted by Gasteiger charge is 2.56. The van der Waals surface area contributed by atoms with Crippen LogP contribution in [-0.2, 0) is 27.2 Å². The molecule has 0 N–H and O–H groups in total. The van der Waals surface area contributed by atoms with Crippen LogP contribution < -0.4 is 0 Å². The Morgan fingerprint density at radius 3 is 1.59 bits per heavy atom. The van der Waals surface area contributed by atoms with E-state index >= 15 is 0 Å². The highest BCUT2D eigenvalue weighted by molar-refractivity contribution is 6.71. The first-order valence-corrected chi connectivity index (χ1v) is 24.3. The van der Waals surface area contributed by atoms with E-state index < -0.39 is 45.2 Å². The van der Waals surface area contributed by atoms with Gasteiger partial charge in [-0.2, -0.15) is 0 Å². The molecule has 0 aromatic carbocycles. The topological polar surface area (TPSA) is 55.4 Å². The normalized spacial score (nSPS) is 29.9. The minimum absolute atomic E-state index is 0.176. The van der Waals surface area contributed by atoms with Crippen molar-refractivity contribution >= 4 is 33.3 Å². The van der Waals surface area contributed by atoms with Gasteiger partial charge >= 0.3 is 0 Å². The summed E-state index contributed by atoms with van der Waals surface area (Å²) in [6.07, 6.45) is -0.832. The maximum Gasteiger partial charge on any atom is 0.218 e. The molecule has 0 aromatic rings. The fourth-order valence-corrected chi connectivity index (χ4v) is 7.07. The molecule has 0 radical (unpaired) electrons. The van der Waals surface area contributed by atoms with Gasteiger partial charge in [0.2, 0.25) is 5.79 Å². The number of hydrogen-bond donors (Lipinski definition) is 0. The van der Waals surface area contributed by atoms with E-state index in [1.807, 2.05) is 0 Å². The van der Waals surface area contributed by atoms with Crippen LogP contribution in [0.3, 0.4) is 0 Å². The molecule has 4 unspecified atom stereocenters. The van der Waals surface area contributed by atoms with Gasteiger partial charge in [0, 0.05) is 7.11 Å². The van der Waals surface area contributed by atoms with Gasteiger partial charge in [-0.3, -0.25) is 0 Å². The van der Waals surface area contributed by atoms with Crippen molar-refractivity contribution in [3.05, 3.63) is 0 Å². The lowest BCUT2D eigenvalue weighted by atomic mass is 9.97. The Morgan fingerprint density at radius 2 is 1.21 bits per heavy atom. The summed E-state index contributed by atoms with van der Waals surface area (Å²) >= 11 is 0. The van der Waals surface area contributed by atoms with Gasteiger partial charge in [0.15, 0.2) is 33.3 Å². The van der Waals surface area contributed by atoms with Crippen LogP contribution in [0.2, 0.25) is 78.6 Å². The van der Waals surface area contributed by atoms with Gasteiger partial charge in [0.05, 0.1) is 19.3 Å². The van der Waals surface area contributed by atoms with Crippen molar-refractivity contribution in [3.8, 4) is 0 Å². The Hall–Kier alpha value is 0.628. The molecule has 0 saturated carbocycles. The summed E-state index contributed by atoms with van der Waals surface area (Å²) in [5.41, 5.74) is 0. The number of ether oxygens (including phenoxy) is 2. The van der Waals surface area contributed by atoms with Crippen LogP contribution in [-0.4, -0.2) is 77.7 Å². The number of rotatable bonds is 10. The maximum atomic E-state index is 6.71. The lowest BCUT2D eigenvalue weighted by molar-refractivity contribution is -0.330. The van der Waals surface area contributed by atoms with E-state index in [0.717, 1.165) is 0 Å². The smallest absolute Gasteiger partial charge is 0.218 e. The monoisotopic (exact) mass is 482 g/mol. The summed E-state index contributed by atoms with van der Waals surface area (Å²) in [5.74, 6) is -0.996. The van der Waals surface area contributed by atoms with E-state index in [-0.39, 0.29) is 12.2 Å². The zero-order valence-electron chi connectivity index (χ0n) is 21.1. The minimum Gasteiger partial charge on any atom is -0.412 e. The Labute approximate surface area is 183 Å². The summed E-state index contributed by atoms with van der Waals surface area (Å²) in [5, 5.41) is 0. The van der Waals surface area contributed by atoms with Crippen molar-refractivity contribution in [2.24, 2.45) is 0 Å². The second-order valence-electron chi connectivity index (χ2n) is 11.8. The van der Waals surface area contributed by atoms with Crippen LogP contribution in [0.5, 0.6) is 0 Å². The second kappa shape index (κ2) is 9.63. The first-order chi connectivity index (χ1) is 12.8. The molecule has 1 saturated heterocycles. The zero-order chi connectivity index (χ0) is 22.9. The molecule has 6 nitrogen and oxygen atoms in total. The van der Waals surface area contributed by atoms with E-state index in [9.17, 15) is 0 Å². The van der Waals surface area contributed by atoms with Crippen molar-refractivity contribution in [1.82, 2.24) is 0 Å². The lowest BCUT2D eigenvalue weighted by Crippen LogP contribution is -2.69. The predicted molar refractivity (Wildman–Crippen MR) is 130 cm³/mol. The van der Waals surface area contributed by atoms with Crippen molar-refractivity contribution in [2.75, 3.05) is 20.3 Å². The number of methoxy groups -OCH3 is 1. The molecule has 0 aliphatic carbocycles. The molecule has 1 fully saturated rings. The Balaban J connectivity index is 3.39. The van der Waals surface area contributed by atoms with Crippen molar-refractivity contribution in [2.45, 2.75) is 103 Å². The molecular formula is C19H46O6Si4. The van der Waals surface area contributed by atoms with E-state index in [1.165, 1.54) is 0 Å². The van der Waals surface area contributed by atoms with Crippen LogP contribution in [0.1, 0.15) is 0 Å². The Kier molecular flexibility index (Phi) is 9.19. The molecule has 0 amide bonds. The molecule has 1 aliphatic heterocycles. The molecule has 1 heterocycles. The fourth-order valence-electron chi connectivity index (χ4n) is 3.16. The lowest BCUT2D eigenvalue weighted by Gasteiger charge is -2.52. The van der Waals surface area contributed by atoms with Gasteiger partial charge in [-0.1, -0.05) is 0 Å². The van der Waals surface area contributed by atoms with E-state index in [2.05, 4.69) is 78.6 Å². The van der Waals surface area contributed by atoms with Gasteiger partial charge < -0.3 is 27.2 Å². The second-order valence-corrected chi connectivity index (χ2v) is 29.7. The van der Waals surface area contributed by atoms with E-state index in [4.69, 9.17) is 27.2 Å². The fraction of sp³-hybridized carbons (Fsp3) is 1.00. The zero-order valence-corrected chi connectivity index (χ0v) is 25.1. The summed E-state index contributed by atoms with van der Waals surface area (Å²) in [6.45, 7) is 27.0. The first-order valence-electron chi connectivity index (χ1n) is 10.6. The molecule has 1 rings (SSSR count). The number of hydrogen-bond acceptors (Lipinski definition) is 6. The van der Waals surface area contributed by atoms with Gasteiger partial charge in [-0.05, 0) is 78.6 Å². The van der Waals surface area contributed by atoms with Crippen LogP contribution in [0.4, 0.5) is 0 Å². The molecule has 1 aliphatic rings. The highest BCUT2D eigenvalue weighted by atomic mass is 28.4. The van der Waals surface area contributed by atoms with Gasteiger partial charge in [-0.25, -0.2) is 0 Å². The summed E-state index contributed by atoms with van der Waals surface area (Å²) in [4.78, 5) is 0. The van der Waals surface area contributed by atoms with Gasteiger partial charge in [0.1, 0.15) is 12.2 Å². The van der Waals surface area contributed by atoms with Crippen LogP contribution in [0.15, 0.2) is 0 Å². The molecule has 10 heteroatoms. The van der Waals surface area contributed by atoms with Crippen LogP contribution >= 0.6 is 0 Å². The predicted octanol–water partition coefficient (Wildman–Crippen LogP) is 4.87. The molecule has 29 heavy (non-hydrogen) atoms. The van der Waals surface area contributed by atoms with Crippen LogP contribution in [0.25, 0.3) is 0 Å². The third-order valence-electron chi connectivity index (χ3n) is 4.12. The summed E-state index contributed by atoms with van der Waals surface area (Å²) in [7, 11) is -5.74. The van der Waals surface area contributed by atoms with Gasteiger partial charge in [-0.15, -0.1) is 0 Å². The minimum atomic E-state index is -1.94. The Morgan fingerprint density at radius 1 is 0.724 bits per heavy atom. The Bertz CT molecular complexity index is 521. The van der Waals surface area contributed by atoms with Gasteiger partial charge in [0.25, 0.3) is 0 Å². The largest absolute Gasteiger partial charge is 0.412 e. The van der Waals surface area contributed by atoms with E-state index in [1.54, 1.807) is 7.11 Å². The highest BCUT2D eigenvalue weighted by Crippen LogP contribution is 2.37. The first kappa shape index (κ1) is 27.7. The molecular weight excluding hydrogens is 437 g/mol. The third kappa shape index (κ3) is 9.75. The van der Waals surface area contributed by atoms with Crippen molar-refractivity contribution in [3.63, 3.8) is 0 Å². The summed E-state index contributed by atoms with van der Waals surface area (Å²) < 4.78 is 38.6. The standard InChI is InChI=1S/C19H46O6Si4/c1-20-19(15-22-26(2,3)4)18(25-29(11,12)13)17(24-28(8,9)10)16(14-21-19)23-27(5,6)7/h16-18H,14-15H2,1-13H3. The van der Waals surface area contributed by atoms with E-state index in [0.29, 0.717) is 13.2 Å².